The highest BCUT2D eigenvalue weighted by Crippen LogP contribution is 2.12. The quantitative estimate of drug-likeness (QED) is 0.820. The Hall–Kier alpha value is -2.04. The summed E-state index contributed by atoms with van der Waals surface area (Å²) in [6.07, 6.45) is -0.828. The van der Waals surface area contributed by atoms with Crippen molar-refractivity contribution in [3.05, 3.63) is 30.3 Å². The average molecular weight is 307 g/mol. The van der Waals surface area contributed by atoms with Gasteiger partial charge in [-0.2, -0.15) is 0 Å². The van der Waals surface area contributed by atoms with E-state index < -0.39 is 12.1 Å². The topological polar surface area (TPSA) is 64.6 Å². The molecule has 5 heteroatoms. The molecule has 1 amide bonds. The summed E-state index contributed by atoms with van der Waals surface area (Å²) in [5, 5.41) is 2.82. The summed E-state index contributed by atoms with van der Waals surface area (Å²) in [6.45, 7) is 9.07. The lowest BCUT2D eigenvalue weighted by atomic mass is 10.0. The minimum absolute atomic E-state index is 0.122. The Morgan fingerprint density at radius 1 is 1.14 bits per heavy atom. The van der Waals surface area contributed by atoms with Crippen molar-refractivity contribution >= 4 is 11.9 Å². The molecule has 0 aromatic heterocycles. The van der Waals surface area contributed by atoms with Crippen LogP contribution >= 0.6 is 0 Å². The van der Waals surface area contributed by atoms with Crippen LogP contribution in [0.4, 0.5) is 0 Å². The van der Waals surface area contributed by atoms with Gasteiger partial charge in [-0.3, -0.25) is 4.79 Å². The maximum absolute atomic E-state index is 12.2. The van der Waals surface area contributed by atoms with E-state index in [1.807, 2.05) is 52.8 Å². The number of rotatable bonds is 6. The van der Waals surface area contributed by atoms with Crippen LogP contribution in [0.1, 0.15) is 34.6 Å². The van der Waals surface area contributed by atoms with Crippen LogP contribution in [0.15, 0.2) is 30.3 Å². The summed E-state index contributed by atoms with van der Waals surface area (Å²) in [6, 6.07) is 8.98. The smallest absolute Gasteiger partial charge is 0.344 e. The number of carbonyl (C=O) groups is 2. The Kier molecular flexibility index (Phi) is 6.40. The first-order valence-corrected chi connectivity index (χ1v) is 7.38. The maximum Gasteiger partial charge on any atom is 0.344 e. The van der Waals surface area contributed by atoms with Gasteiger partial charge in [-0.25, -0.2) is 4.79 Å². The molecule has 0 fully saturated rings. The molecule has 0 aliphatic carbocycles. The van der Waals surface area contributed by atoms with Crippen molar-refractivity contribution < 1.29 is 19.1 Å². The van der Waals surface area contributed by atoms with E-state index in [0.717, 1.165) is 0 Å². The van der Waals surface area contributed by atoms with E-state index in [-0.39, 0.29) is 24.0 Å². The van der Waals surface area contributed by atoms with Crippen LogP contribution in [-0.2, 0) is 14.3 Å². The molecular weight excluding hydrogens is 282 g/mol. The Bertz CT molecular complexity index is 491. The van der Waals surface area contributed by atoms with Gasteiger partial charge in [-0.15, -0.1) is 0 Å². The van der Waals surface area contributed by atoms with E-state index in [2.05, 4.69) is 5.32 Å². The van der Waals surface area contributed by atoms with Gasteiger partial charge < -0.3 is 14.8 Å². The van der Waals surface area contributed by atoms with E-state index >= 15 is 0 Å². The predicted octanol–water partition coefficient (Wildman–Crippen LogP) is 2.55. The number of esters is 1. The van der Waals surface area contributed by atoms with Gasteiger partial charge in [0.15, 0.2) is 12.7 Å². The van der Waals surface area contributed by atoms with Crippen LogP contribution in [0.2, 0.25) is 0 Å². The summed E-state index contributed by atoms with van der Waals surface area (Å²) < 4.78 is 10.6. The molecule has 0 radical (unpaired) electrons. The first kappa shape index (κ1) is 18.0. The molecule has 1 N–H and O–H groups in total. The molecule has 5 nitrogen and oxygen atoms in total. The lowest BCUT2D eigenvalue weighted by Crippen LogP contribution is -2.49. The molecule has 0 spiro atoms. The number of hydrogen-bond donors (Lipinski definition) is 1. The number of para-hydroxylation sites is 1. The molecule has 1 atom stereocenters. The monoisotopic (exact) mass is 307 g/mol. The van der Waals surface area contributed by atoms with Gasteiger partial charge in [0.2, 0.25) is 0 Å². The van der Waals surface area contributed by atoms with Gasteiger partial charge in [-0.1, -0.05) is 32.0 Å². The van der Waals surface area contributed by atoms with Gasteiger partial charge in [0, 0.05) is 5.54 Å². The van der Waals surface area contributed by atoms with E-state index in [0.29, 0.717) is 5.75 Å². The van der Waals surface area contributed by atoms with Crippen LogP contribution in [0.5, 0.6) is 5.75 Å². The van der Waals surface area contributed by atoms with Gasteiger partial charge >= 0.3 is 5.97 Å². The fourth-order valence-electron chi connectivity index (χ4n) is 1.77. The third-order valence-electron chi connectivity index (χ3n) is 2.72. The van der Waals surface area contributed by atoms with Crippen molar-refractivity contribution in [1.29, 1.82) is 0 Å². The number of ether oxygens (including phenoxy) is 2. The fraction of sp³-hybridized carbons (Fsp3) is 0.529. The Labute approximate surface area is 132 Å². The zero-order chi connectivity index (χ0) is 16.8. The first-order chi connectivity index (χ1) is 10.2. The highest BCUT2D eigenvalue weighted by atomic mass is 16.6. The summed E-state index contributed by atoms with van der Waals surface area (Å²) in [7, 11) is 0. The molecule has 0 saturated heterocycles. The summed E-state index contributed by atoms with van der Waals surface area (Å²) in [5.41, 5.74) is -0.378. The van der Waals surface area contributed by atoms with E-state index in [9.17, 15) is 9.59 Å². The lowest BCUT2D eigenvalue weighted by Gasteiger charge is -2.26. The van der Waals surface area contributed by atoms with Gasteiger partial charge in [0.1, 0.15) is 5.75 Å². The molecule has 1 aromatic rings. The Morgan fingerprint density at radius 3 is 2.23 bits per heavy atom. The molecule has 122 valence electrons. The zero-order valence-electron chi connectivity index (χ0n) is 13.9. The normalized spacial score (nSPS) is 12.6. The molecule has 0 bridgehead atoms. The Balaban J connectivity index is 2.55. The van der Waals surface area contributed by atoms with Crippen molar-refractivity contribution in [3.63, 3.8) is 0 Å². The third-order valence-corrected chi connectivity index (χ3v) is 2.72. The minimum atomic E-state index is -0.828. The molecule has 1 aromatic carbocycles. The van der Waals surface area contributed by atoms with Crippen LogP contribution in [0.3, 0.4) is 0 Å². The molecule has 1 unspecified atom stereocenters. The standard InChI is InChI=1S/C17H25NO4/c1-12(2)15(16(20)18-17(3,4)5)22-14(19)11-21-13-9-7-6-8-10-13/h6-10,12,15H,11H2,1-5H3,(H,18,20). The van der Waals surface area contributed by atoms with Crippen molar-refractivity contribution in [2.45, 2.75) is 46.3 Å². The fourth-order valence-corrected chi connectivity index (χ4v) is 1.77. The minimum Gasteiger partial charge on any atom is -0.482 e. The van der Waals surface area contributed by atoms with E-state index in [1.54, 1.807) is 12.1 Å². The second-order valence-electron chi connectivity index (χ2n) is 6.50. The predicted molar refractivity (Wildman–Crippen MR) is 84.6 cm³/mol. The molecule has 1 rings (SSSR count). The molecule has 0 aliphatic rings. The average Bonchev–Trinajstić information content (AvgIpc) is 2.41. The van der Waals surface area contributed by atoms with Crippen molar-refractivity contribution in [1.82, 2.24) is 5.32 Å². The number of carbonyl (C=O) groups excluding carboxylic acids is 2. The second-order valence-corrected chi connectivity index (χ2v) is 6.50. The van der Waals surface area contributed by atoms with Crippen LogP contribution in [0, 0.1) is 5.92 Å². The van der Waals surface area contributed by atoms with Crippen molar-refractivity contribution in [3.8, 4) is 5.75 Å². The number of benzene rings is 1. The van der Waals surface area contributed by atoms with Crippen LogP contribution in [0.25, 0.3) is 0 Å². The highest BCUT2D eigenvalue weighted by molar-refractivity contribution is 5.84. The Morgan fingerprint density at radius 2 is 1.73 bits per heavy atom. The van der Waals surface area contributed by atoms with Gasteiger partial charge in [-0.05, 0) is 38.8 Å². The molecule has 0 saturated carbocycles. The van der Waals surface area contributed by atoms with E-state index in [1.165, 1.54) is 0 Å². The lowest BCUT2D eigenvalue weighted by molar-refractivity contribution is -0.161. The number of hydrogen-bond acceptors (Lipinski definition) is 4. The van der Waals surface area contributed by atoms with Gasteiger partial charge in [0.05, 0.1) is 0 Å². The maximum atomic E-state index is 12.2. The number of amides is 1. The number of nitrogens with one attached hydrogen (secondary N) is 1. The van der Waals surface area contributed by atoms with Crippen molar-refractivity contribution in [2.24, 2.45) is 5.92 Å². The van der Waals surface area contributed by atoms with Gasteiger partial charge in [0.25, 0.3) is 5.91 Å². The summed E-state index contributed by atoms with van der Waals surface area (Å²) in [4.78, 5) is 24.1. The largest absolute Gasteiger partial charge is 0.482 e. The highest BCUT2D eigenvalue weighted by Gasteiger charge is 2.29. The van der Waals surface area contributed by atoms with E-state index in [4.69, 9.17) is 9.47 Å². The summed E-state index contributed by atoms with van der Waals surface area (Å²) >= 11 is 0. The van der Waals surface area contributed by atoms with Crippen molar-refractivity contribution in [2.75, 3.05) is 6.61 Å². The molecule has 22 heavy (non-hydrogen) atoms. The molecular formula is C17H25NO4. The SMILES string of the molecule is CC(C)C(OC(=O)COc1ccccc1)C(=O)NC(C)(C)C. The third kappa shape index (κ3) is 6.61. The van der Waals surface area contributed by atoms with Crippen LogP contribution < -0.4 is 10.1 Å². The van der Waals surface area contributed by atoms with Crippen LogP contribution in [-0.4, -0.2) is 30.1 Å². The zero-order valence-corrected chi connectivity index (χ0v) is 13.9. The summed E-state index contributed by atoms with van der Waals surface area (Å²) in [5.74, 6) is -0.398. The molecule has 0 aliphatic heterocycles. The molecule has 0 heterocycles. The second kappa shape index (κ2) is 7.82. The first-order valence-electron chi connectivity index (χ1n) is 7.38.